The first-order valence-electron chi connectivity index (χ1n) is 11.2. The van der Waals surface area contributed by atoms with Crippen molar-refractivity contribution < 1.29 is 22.4 Å². The molecule has 0 aliphatic carbocycles. The summed E-state index contributed by atoms with van der Waals surface area (Å²) in [4.78, 5) is 26.9. The molecule has 34 heavy (non-hydrogen) atoms. The lowest BCUT2D eigenvalue weighted by Gasteiger charge is -2.31. The zero-order valence-corrected chi connectivity index (χ0v) is 20.4. The second-order valence-electron chi connectivity index (χ2n) is 8.72. The van der Waals surface area contributed by atoms with Crippen LogP contribution in [0.4, 0.5) is 10.1 Å². The number of carbonyl (C=O) groups excluding carboxylic acids is 2. The molecule has 1 aliphatic heterocycles. The van der Waals surface area contributed by atoms with Crippen LogP contribution in [0.2, 0.25) is 0 Å². The molecule has 0 saturated carbocycles. The number of halogens is 1. The average Bonchev–Trinajstić information content (AvgIpc) is 2.80. The zero-order chi connectivity index (χ0) is 24.9. The number of anilines is 1. The fourth-order valence-electron chi connectivity index (χ4n) is 3.66. The maximum atomic E-state index is 13.0. The Balaban J connectivity index is 1.45. The molecule has 2 amide bonds. The van der Waals surface area contributed by atoms with Crippen molar-refractivity contribution in [2.75, 3.05) is 32.0 Å². The topological polar surface area (TPSA) is 98.8 Å². The first kappa shape index (κ1) is 25.8. The van der Waals surface area contributed by atoms with Gasteiger partial charge in [-0.25, -0.2) is 12.8 Å². The van der Waals surface area contributed by atoms with Crippen molar-refractivity contribution in [3.8, 4) is 0 Å². The zero-order valence-electron chi connectivity index (χ0n) is 19.6. The Bertz CT molecular complexity index is 1100. The first-order valence-corrected chi connectivity index (χ1v) is 12.7. The van der Waals surface area contributed by atoms with Gasteiger partial charge in [0.1, 0.15) is 5.82 Å². The van der Waals surface area contributed by atoms with Crippen LogP contribution in [0.25, 0.3) is 0 Å². The maximum absolute atomic E-state index is 13.0. The molecule has 1 aliphatic rings. The molecule has 0 unspecified atom stereocenters. The van der Waals surface area contributed by atoms with Crippen LogP contribution >= 0.6 is 0 Å². The molecule has 1 saturated heterocycles. The summed E-state index contributed by atoms with van der Waals surface area (Å²) in [6.07, 6.45) is 1.41. The highest BCUT2D eigenvalue weighted by Gasteiger charge is 2.24. The smallest absolute Gasteiger partial charge is 0.251 e. The van der Waals surface area contributed by atoms with Crippen LogP contribution in [0.3, 0.4) is 0 Å². The summed E-state index contributed by atoms with van der Waals surface area (Å²) in [5.74, 6) is -0.812. The van der Waals surface area contributed by atoms with Gasteiger partial charge in [-0.2, -0.15) is 4.31 Å². The fourth-order valence-corrected chi connectivity index (χ4v) is 5.03. The standard InChI is InChI=1S/C24H31FN4O4S/c1-17(2)28(3)34(32,33)22-10-8-20(9-11-22)26-23(30)16-29-14-12-21(13-15-29)27-24(31)18-4-6-19(25)7-5-18/h4-11,17,21H,12-16H2,1-3H3,(H,26,30)(H,27,31). The van der Waals surface area contributed by atoms with E-state index < -0.39 is 10.0 Å². The van der Waals surface area contributed by atoms with E-state index in [1.165, 1.54) is 47.8 Å². The predicted octanol–water partition coefficient (Wildman–Crippen LogP) is 2.69. The number of hydrogen-bond acceptors (Lipinski definition) is 5. The van der Waals surface area contributed by atoms with Gasteiger partial charge in [-0.1, -0.05) is 0 Å². The Hall–Kier alpha value is -2.82. The number of rotatable bonds is 8. The van der Waals surface area contributed by atoms with Crippen LogP contribution in [-0.2, 0) is 14.8 Å². The lowest BCUT2D eigenvalue weighted by molar-refractivity contribution is -0.117. The van der Waals surface area contributed by atoms with Crippen LogP contribution in [0, 0.1) is 5.82 Å². The summed E-state index contributed by atoms with van der Waals surface area (Å²) in [6.45, 7) is 5.11. The minimum absolute atomic E-state index is 0.00433. The molecule has 2 aromatic rings. The number of piperidine rings is 1. The third-order valence-corrected chi connectivity index (χ3v) is 7.99. The summed E-state index contributed by atoms with van der Waals surface area (Å²) in [7, 11) is -2.04. The number of benzene rings is 2. The second kappa shape index (κ2) is 11.1. The summed E-state index contributed by atoms with van der Waals surface area (Å²) in [6, 6.07) is 11.4. The van der Waals surface area contributed by atoms with Crippen molar-refractivity contribution in [2.24, 2.45) is 0 Å². The molecule has 0 aromatic heterocycles. The summed E-state index contributed by atoms with van der Waals surface area (Å²) >= 11 is 0. The van der Waals surface area contributed by atoms with Gasteiger partial charge in [-0.05, 0) is 75.2 Å². The van der Waals surface area contributed by atoms with E-state index in [1.54, 1.807) is 26.0 Å². The van der Waals surface area contributed by atoms with Crippen LogP contribution < -0.4 is 10.6 Å². The van der Waals surface area contributed by atoms with Gasteiger partial charge in [0.15, 0.2) is 0 Å². The van der Waals surface area contributed by atoms with E-state index in [2.05, 4.69) is 10.6 Å². The summed E-state index contributed by atoms with van der Waals surface area (Å²) in [5, 5.41) is 5.76. The normalized spacial score (nSPS) is 15.5. The van der Waals surface area contributed by atoms with E-state index in [9.17, 15) is 22.4 Å². The molecule has 1 heterocycles. The number of carbonyl (C=O) groups is 2. The molecule has 2 N–H and O–H groups in total. The van der Waals surface area contributed by atoms with Crippen LogP contribution in [0.15, 0.2) is 53.4 Å². The molecule has 10 heteroatoms. The van der Waals surface area contributed by atoms with E-state index in [-0.39, 0.29) is 41.2 Å². The lowest BCUT2D eigenvalue weighted by Crippen LogP contribution is -2.46. The SMILES string of the molecule is CC(C)N(C)S(=O)(=O)c1ccc(NC(=O)CN2CCC(NC(=O)c3ccc(F)cc3)CC2)cc1. The van der Waals surface area contributed by atoms with Gasteiger partial charge in [0, 0.05) is 43.5 Å². The lowest BCUT2D eigenvalue weighted by atomic mass is 10.0. The molecule has 1 fully saturated rings. The Morgan fingerprint density at radius 1 is 1.06 bits per heavy atom. The molecule has 0 atom stereocenters. The Kier molecular flexibility index (Phi) is 8.40. The number of hydrogen-bond donors (Lipinski definition) is 2. The number of sulfonamides is 1. The fraction of sp³-hybridized carbons (Fsp3) is 0.417. The van der Waals surface area contributed by atoms with Crippen LogP contribution in [0.1, 0.15) is 37.0 Å². The second-order valence-corrected chi connectivity index (χ2v) is 10.7. The largest absolute Gasteiger partial charge is 0.349 e. The Labute approximate surface area is 200 Å². The minimum Gasteiger partial charge on any atom is -0.349 e. The first-order chi connectivity index (χ1) is 16.1. The van der Waals surface area contributed by atoms with E-state index in [4.69, 9.17) is 0 Å². The highest BCUT2D eigenvalue weighted by Crippen LogP contribution is 2.19. The minimum atomic E-state index is -3.57. The van der Waals surface area contributed by atoms with Gasteiger partial charge in [-0.15, -0.1) is 0 Å². The Morgan fingerprint density at radius 2 is 1.65 bits per heavy atom. The number of nitrogens with zero attached hydrogens (tertiary/aromatic N) is 2. The number of likely N-dealkylation sites (tertiary alicyclic amines) is 1. The van der Waals surface area contributed by atoms with Crippen molar-refractivity contribution in [2.45, 2.75) is 43.7 Å². The van der Waals surface area contributed by atoms with E-state index in [0.29, 0.717) is 37.2 Å². The van der Waals surface area contributed by atoms with Gasteiger partial charge in [0.25, 0.3) is 5.91 Å². The molecule has 0 radical (unpaired) electrons. The molecule has 8 nitrogen and oxygen atoms in total. The Morgan fingerprint density at radius 3 is 2.21 bits per heavy atom. The van der Waals surface area contributed by atoms with E-state index in [0.717, 1.165) is 0 Å². The van der Waals surface area contributed by atoms with Crippen molar-refractivity contribution in [3.63, 3.8) is 0 Å². The van der Waals surface area contributed by atoms with Gasteiger partial charge in [0.05, 0.1) is 11.4 Å². The molecular formula is C24H31FN4O4S. The molecule has 184 valence electrons. The quantitative estimate of drug-likeness (QED) is 0.593. The maximum Gasteiger partial charge on any atom is 0.251 e. The summed E-state index contributed by atoms with van der Waals surface area (Å²) in [5.41, 5.74) is 0.940. The summed E-state index contributed by atoms with van der Waals surface area (Å²) < 4.78 is 39.4. The van der Waals surface area contributed by atoms with Gasteiger partial charge < -0.3 is 10.6 Å². The highest BCUT2D eigenvalue weighted by molar-refractivity contribution is 7.89. The van der Waals surface area contributed by atoms with Crippen molar-refractivity contribution in [3.05, 3.63) is 59.9 Å². The third kappa shape index (κ3) is 6.62. The van der Waals surface area contributed by atoms with Gasteiger partial charge in [0.2, 0.25) is 15.9 Å². The van der Waals surface area contributed by atoms with Crippen LogP contribution in [0.5, 0.6) is 0 Å². The molecule has 3 rings (SSSR count). The van der Waals surface area contributed by atoms with Crippen LogP contribution in [-0.4, -0.2) is 68.2 Å². The van der Waals surface area contributed by atoms with Crippen molar-refractivity contribution in [1.29, 1.82) is 0 Å². The van der Waals surface area contributed by atoms with Crippen molar-refractivity contribution >= 4 is 27.5 Å². The molecule has 2 aromatic carbocycles. The third-order valence-electron chi connectivity index (χ3n) is 5.94. The van der Waals surface area contributed by atoms with Gasteiger partial charge in [-0.3, -0.25) is 14.5 Å². The monoisotopic (exact) mass is 490 g/mol. The average molecular weight is 491 g/mol. The molecular weight excluding hydrogens is 459 g/mol. The molecule has 0 spiro atoms. The van der Waals surface area contributed by atoms with E-state index in [1.807, 2.05) is 4.90 Å². The molecule has 0 bridgehead atoms. The van der Waals surface area contributed by atoms with E-state index >= 15 is 0 Å². The van der Waals surface area contributed by atoms with Gasteiger partial charge >= 0.3 is 0 Å². The highest BCUT2D eigenvalue weighted by atomic mass is 32.2. The number of nitrogens with one attached hydrogen (secondary N) is 2. The number of amides is 2. The van der Waals surface area contributed by atoms with Crippen molar-refractivity contribution in [1.82, 2.24) is 14.5 Å². The predicted molar refractivity (Wildman–Crippen MR) is 128 cm³/mol.